The first-order valence-corrected chi connectivity index (χ1v) is 6.73. The fraction of sp³-hybridized carbons (Fsp3) is 0.467. The molecule has 0 radical (unpaired) electrons. The van der Waals surface area contributed by atoms with Crippen molar-refractivity contribution >= 4 is 5.91 Å². The predicted molar refractivity (Wildman–Crippen MR) is 72.9 cm³/mol. The Hall–Kier alpha value is -1.93. The third-order valence-corrected chi connectivity index (χ3v) is 3.95. The lowest BCUT2D eigenvalue weighted by Crippen LogP contribution is -2.45. The number of hydrogen-bond donors (Lipinski definition) is 1. The van der Waals surface area contributed by atoms with Crippen LogP contribution in [0.15, 0.2) is 18.2 Å². The number of benzene rings is 1. The number of carbonyl (C=O) groups excluding carboxylic acids is 1. The van der Waals surface area contributed by atoms with Crippen molar-refractivity contribution in [1.29, 1.82) is 5.26 Å². The van der Waals surface area contributed by atoms with E-state index in [0.29, 0.717) is 19.1 Å². The topological polar surface area (TPSA) is 70.1 Å². The molecule has 0 aliphatic carbocycles. The molecule has 20 heavy (non-hydrogen) atoms. The van der Waals surface area contributed by atoms with E-state index in [1.54, 1.807) is 12.1 Å². The number of hydrogen-bond acceptors (Lipinski definition) is 3. The molecule has 2 N–H and O–H groups in total. The van der Waals surface area contributed by atoms with Gasteiger partial charge in [-0.05, 0) is 37.5 Å². The van der Waals surface area contributed by atoms with E-state index in [2.05, 4.69) is 11.8 Å². The molecule has 2 rings (SSSR count). The van der Waals surface area contributed by atoms with Crippen molar-refractivity contribution in [2.75, 3.05) is 6.54 Å². The van der Waals surface area contributed by atoms with Gasteiger partial charge in [-0.25, -0.2) is 4.39 Å². The Morgan fingerprint density at radius 2 is 2.30 bits per heavy atom. The fourth-order valence-corrected chi connectivity index (χ4v) is 2.62. The highest BCUT2D eigenvalue weighted by Crippen LogP contribution is 2.24. The second-order valence-electron chi connectivity index (χ2n) is 5.38. The molecule has 1 aromatic carbocycles. The van der Waals surface area contributed by atoms with E-state index in [1.165, 1.54) is 6.07 Å². The van der Waals surface area contributed by atoms with Gasteiger partial charge in [0.1, 0.15) is 11.9 Å². The SMILES string of the molecule is CC1CCC(C(N)=O)CN1Cc1ccc(F)c(C#N)c1. The van der Waals surface area contributed by atoms with E-state index in [1.807, 2.05) is 6.07 Å². The maximum absolute atomic E-state index is 13.3. The van der Waals surface area contributed by atoms with E-state index < -0.39 is 5.82 Å². The summed E-state index contributed by atoms with van der Waals surface area (Å²) in [6, 6.07) is 6.75. The summed E-state index contributed by atoms with van der Waals surface area (Å²) in [5.41, 5.74) is 6.30. The Morgan fingerprint density at radius 1 is 1.55 bits per heavy atom. The van der Waals surface area contributed by atoms with E-state index >= 15 is 0 Å². The Labute approximate surface area is 118 Å². The predicted octanol–water partition coefficient (Wildman–Crippen LogP) is 1.78. The lowest BCUT2D eigenvalue weighted by Gasteiger charge is -2.36. The zero-order chi connectivity index (χ0) is 14.7. The van der Waals surface area contributed by atoms with Crippen molar-refractivity contribution in [3.63, 3.8) is 0 Å². The summed E-state index contributed by atoms with van der Waals surface area (Å²) < 4.78 is 13.3. The number of amides is 1. The molecule has 106 valence electrons. The van der Waals surface area contributed by atoms with E-state index in [-0.39, 0.29) is 17.4 Å². The van der Waals surface area contributed by atoms with Gasteiger partial charge in [0.05, 0.1) is 11.5 Å². The molecule has 4 nitrogen and oxygen atoms in total. The Morgan fingerprint density at radius 3 is 2.95 bits per heavy atom. The van der Waals surface area contributed by atoms with E-state index in [4.69, 9.17) is 11.0 Å². The van der Waals surface area contributed by atoms with Crippen LogP contribution < -0.4 is 5.73 Å². The Kier molecular flexibility index (Phi) is 4.35. The smallest absolute Gasteiger partial charge is 0.221 e. The minimum atomic E-state index is -0.502. The molecule has 1 aliphatic heterocycles. The zero-order valence-electron chi connectivity index (χ0n) is 11.5. The molecule has 0 saturated carbocycles. The molecule has 2 unspecified atom stereocenters. The normalized spacial score (nSPS) is 23.2. The number of nitriles is 1. The van der Waals surface area contributed by atoms with Crippen LogP contribution in [0.3, 0.4) is 0 Å². The van der Waals surface area contributed by atoms with Crippen molar-refractivity contribution in [3.8, 4) is 6.07 Å². The lowest BCUT2D eigenvalue weighted by atomic mass is 9.92. The van der Waals surface area contributed by atoms with Crippen LogP contribution >= 0.6 is 0 Å². The zero-order valence-corrected chi connectivity index (χ0v) is 11.5. The van der Waals surface area contributed by atoms with Gasteiger partial charge in [-0.2, -0.15) is 5.26 Å². The van der Waals surface area contributed by atoms with Gasteiger partial charge in [-0.3, -0.25) is 9.69 Å². The molecule has 5 heteroatoms. The molecule has 1 fully saturated rings. The van der Waals surface area contributed by atoms with Crippen molar-refractivity contribution < 1.29 is 9.18 Å². The maximum atomic E-state index is 13.3. The number of likely N-dealkylation sites (tertiary alicyclic amines) is 1. The molecule has 2 atom stereocenters. The molecule has 1 saturated heterocycles. The van der Waals surface area contributed by atoms with Crippen LogP contribution in [0, 0.1) is 23.1 Å². The molecule has 1 amide bonds. The van der Waals surface area contributed by atoms with Gasteiger partial charge >= 0.3 is 0 Å². The van der Waals surface area contributed by atoms with Crippen LogP contribution in [0.25, 0.3) is 0 Å². The molecule has 0 bridgehead atoms. The molecule has 1 heterocycles. The first-order chi connectivity index (χ1) is 9.51. The molecule has 1 aromatic rings. The molecular weight excluding hydrogens is 257 g/mol. The average Bonchev–Trinajstić information content (AvgIpc) is 2.43. The first kappa shape index (κ1) is 14.5. The summed E-state index contributed by atoms with van der Waals surface area (Å²) in [5.74, 6) is -0.890. The average molecular weight is 275 g/mol. The summed E-state index contributed by atoms with van der Waals surface area (Å²) in [4.78, 5) is 13.5. The molecular formula is C15H18FN3O. The number of piperidine rings is 1. The minimum absolute atomic E-state index is 0.0543. The quantitative estimate of drug-likeness (QED) is 0.914. The van der Waals surface area contributed by atoms with Crippen LogP contribution in [0.4, 0.5) is 4.39 Å². The van der Waals surface area contributed by atoms with Crippen LogP contribution in [-0.2, 0) is 11.3 Å². The Balaban J connectivity index is 2.12. The van der Waals surface area contributed by atoms with Gasteiger partial charge in [-0.1, -0.05) is 6.07 Å². The van der Waals surface area contributed by atoms with Crippen LogP contribution in [0.5, 0.6) is 0 Å². The molecule has 0 aromatic heterocycles. The number of halogens is 1. The second kappa shape index (κ2) is 6.02. The summed E-state index contributed by atoms with van der Waals surface area (Å²) in [6.07, 6.45) is 1.74. The Bertz CT molecular complexity index is 553. The van der Waals surface area contributed by atoms with Crippen LogP contribution in [0.2, 0.25) is 0 Å². The summed E-state index contributed by atoms with van der Waals surface area (Å²) in [6.45, 7) is 3.32. The molecule has 1 aliphatic rings. The minimum Gasteiger partial charge on any atom is -0.369 e. The number of rotatable bonds is 3. The number of primary amides is 1. The van der Waals surface area contributed by atoms with Crippen molar-refractivity contribution in [1.82, 2.24) is 4.90 Å². The summed E-state index contributed by atoms with van der Waals surface area (Å²) in [5, 5.41) is 8.85. The number of nitrogens with zero attached hydrogens (tertiary/aromatic N) is 2. The van der Waals surface area contributed by atoms with Gasteiger partial charge in [0.25, 0.3) is 0 Å². The highest BCUT2D eigenvalue weighted by atomic mass is 19.1. The van der Waals surface area contributed by atoms with Crippen molar-refractivity contribution in [2.24, 2.45) is 11.7 Å². The highest BCUT2D eigenvalue weighted by Gasteiger charge is 2.28. The third-order valence-electron chi connectivity index (χ3n) is 3.95. The third kappa shape index (κ3) is 3.14. The first-order valence-electron chi connectivity index (χ1n) is 6.73. The standard InChI is InChI=1S/C15H18FN3O/c1-10-2-4-12(15(18)20)9-19(10)8-11-3-5-14(16)13(6-11)7-17/h3,5-6,10,12H,2,4,8-9H2,1H3,(H2,18,20). The van der Waals surface area contributed by atoms with Crippen LogP contribution in [0.1, 0.15) is 30.9 Å². The summed E-state index contributed by atoms with van der Waals surface area (Å²) >= 11 is 0. The maximum Gasteiger partial charge on any atom is 0.221 e. The van der Waals surface area contributed by atoms with E-state index in [9.17, 15) is 9.18 Å². The monoisotopic (exact) mass is 275 g/mol. The number of nitrogens with two attached hydrogens (primary N) is 1. The fourth-order valence-electron chi connectivity index (χ4n) is 2.62. The van der Waals surface area contributed by atoms with Crippen LogP contribution in [-0.4, -0.2) is 23.4 Å². The highest BCUT2D eigenvalue weighted by molar-refractivity contribution is 5.77. The largest absolute Gasteiger partial charge is 0.369 e. The number of carbonyl (C=O) groups is 1. The van der Waals surface area contributed by atoms with Gasteiger partial charge in [0.15, 0.2) is 0 Å². The van der Waals surface area contributed by atoms with Gasteiger partial charge in [0, 0.05) is 19.1 Å². The van der Waals surface area contributed by atoms with Crippen molar-refractivity contribution in [2.45, 2.75) is 32.4 Å². The molecule has 0 spiro atoms. The van der Waals surface area contributed by atoms with Gasteiger partial charge in [0.2, 0.25) is 5.91 Å². The second-order valence-corrected chi connectivity index (χ2v) is 5.38. The van der Waals surface area contributed by atoms with E-state index in [0.717, 1.165) is 18.4 Å². The lowest BCUT2D eigenvalue weighted by molar-refractivity contribution is -0.124. The van der Waals surface area contributed by atoms with Crippen molar-refractivity contribution in [3.05, 3.63) is 35.1 Å². The van der Waals surface area contributed by atoms with Gasteiger partial charge < -0.3 is 5.73 Å². The van der Waals surface area contributed by atoms with Gasteiger partial charge in [-0.15, -0.1) is 0 Å². The summed E-state index contributed by atoms with van der Waals surface area (Å²) in [7, 11) is 0.